The maximum Gasteiger partial charge on any atom is 0.262 e. The molecule has 3 N–H and O–H groups in total. The largest absolute Gasteiger partial charge is 0.483 e. The number of hydrogen-bond donors (Lipinski definition) is 2. The lowest BCUT2D eigenvalue weighted by Gasteiger charge is -2.13. The topological polar surface area (TPSA) is 81.4 Å². The zero-order valence-corrected chi connectivity index (χ0v) is 20.8. The summed E-state index contributed by atoms with van der Waals surface area (Å²) in [6.45, 7) is 5.99. The molecule has 0 saturated carbocycles. The fraction of sp³-hybridized carbons (Fsp3) is 0.280. The first-order chi connectivity index (χ1) is 15.3. The Balaban J connectivity index is 1.70. The molecule has 3 aromatic rings. The van der Waals surface area contributed by atoms with Crippen LogP contribution in [-0.2, 0) is 11.2 Å². The molecule has 1 heterocycles. The standard InChI is InChI=1S/C25H27BrN2O3S/c1-4-15(2)18-10-11-20(19(26)13-18)31-14-22(29)28-25-23(24(27)30)16(3)21(32-25)12-17-8-6-5-7-9-17/h5-11,13,15H,4,12,14H2,1-3H3,(H2,27,30)(H,28,29). The van der Waals surface area contributed by atoms with Crippen molar-refractivity contribution in [3.05, 3.63) is 80.1 Å². The van der Waals surface area contributed by atoms with Crippen LogP contribution in [0.4, 0.5) is 5.00 Å². The molecule has 168 valence electrons. The zero-order chi connectivity index (χ0) is 23.3. The fourth-order valence-electron chi connectivity index (χ4n) is 3.38. The van der Waals surface area contributed by atoms with Crippen LogP contribution in [0.2, 0.25) is 0 Å². The molecule has 2 amide bonds. The van der Waals surface area contributed by atoms with Crippen LogP contribution >= 0.6 is 27.3 Å². The van der Waals surface area contributed by atoms with E-state index < -0.39 is 5.91 Å². The van der Waals surface area contributed by atoms with Crippen LogP contribution in [0.15, 0.2) is 53.0 Å². The molecule has 0 aliphatic heterocycles. The number of primary amides is 1. The number of halogens is 1. The number of nitrogens with two attached hydrogens (primary N) is 1. The highest BCUT2D eigenvalue weighted by Crippen LogP contribution is 2.34. The molecule has 2 aromatic carbocycles. The molecule has 3 rings (SSSR count). The fourth-order valence-corrected chi connectivity index (χ4v) is 5.15. The quantitative estimate of drug-likeness (QED) is 0.365. The van der Waals surface area contributed by atoms with Crippen LogP contribution in [-0.4, -0.2) is 18.4 Å². The molecule has 0 spiro atoms. The maximum absolute atomic E-state index is 12.6. The first-order valence-electron chi connectivity index (χ1n) is 10.5. The van der Waals surface area contributed by atoms with E-state index in [1.54, 1.807) is 0 Å². The van der Waals surface area contributed by atoms with Gasteiger partial charge in [0.25, 0.3) is 11.8 Å². The van der Waals surface area contributed by atoms with Crippen molar-refractivity contribution in [3.63, 3.8) is 0 Å². The number of carbonyl (C=O) groups is 2. The molecule has 0 bridgehead atoms. The van der Waals surface area contributed by atoms with Crippen LogP contribution < -0.4 is 15.8 Å². The van der Waals surface area contributed by atoms with Gasteiger partial charge < -0.3 is 15.8 Å². The Morgan fingerprint density at radius 2 is 1.91 bits per heavy atom. The number of ether oxygens (including phenoxy) is 1. The number of benzene rings is 2. The number of carbonyl (C=O) groups excluding carboxylic acids is 2. The third kappa shape index (κ3) is 5.78. The molecule has 5 nitrogen and oxygen atoms in total. The van der Waals surface area contributed by atoms with Gasteiger partial charge in [0, 0.05) is 11.3 Å². The van der Waals surface area contributed by atoms with Crippen molar-refractivity contribution in [1.82, 2.24) is 0 Å². The van der Waals surface area contributed by atoms with Crippen LogP contribution in [0.1, 0.15) is 58.1 Å². The molecule has 1 atom stereocenters. The second kappa shape index (κ2) is 10.8. The molecular weight excluding hydrogens is 488 g/mol. The van der Waals surface area contributed by atoms with E-state index in [0.717, 1.165) is 26.9 Å². The minimum Gasteiger partial charge on any atom is -0.483 e. The highest BCUT2D eigenvalue weighted by molar-refractivity contribution is 9.10. The predicted octanol–water partition coefficient (Wildman–Crippen LogP) is 6.04. The molecule has 0 fully saturated rings. The summed E-state index contributed by atoms with van der Waals surface area (Å²) in [4.78, 5) is 25.6. The van der Waals surface area contributed by atoms with Gasteiger partial charge in [0.15, 0.2) is 6.61 Å². The van der Waals surface area contributed by atoms with Crippen LogP contribution in [0.3, 0.4) is 0 Å². The van der Waals surface area contributed by atoms with E-state index in [9.17, 15) is 9.59 Å². The number of nitrogens with one attached hydrogen (secondary N) is 1. The van der Waals surface area contributed by atoms with Crippen molar-refractivity contribution in [2.45, 2.75) is 39.5 Å². The van der Waals surface area contributed by atoms with Gasteiger partial charge in [-0.25, -0.2) is 0 Å². The molecule has 0 aliphatic rings. The summed E-state index contributed by atoms with van der Waals surface area (Å²) in [7, 11) is 0. The summed E-state index contributed by atoms with van der Waals surface area (Å²) in [5, 5.41) is 3.26. The van der Waals surface area contributed by atoms with Crippen molar-refractivity contribution >= 4 is 44.1 Å². The molecular formula is C25H27BrN2O3S. The lowest BCUT2D eigenvalue weighted by Crippen LogP contribution is -2.22. The Morgan fingerprint density at radius 3 is 2.53 bits per heavy atom. The van der Waals surface area contributed by atoms with Crippen molar-refractivity contribution < 1.29 is 14.3 Å². The highest BCUT2D eigenvalue weighted by Gasteiger charge is 2.21. The second-order valence-corrected chi connectivity index (χ2v) is 9.68. The minimum atomic E-state index is -0.558. The van der Waals surface area contributed by atoms with Gasteiger partial charge in [-0.05, 0) is 64.0 Å². The third-order valence-electron chi connectivity index (χ3n) is 5.45. The Morgan fingerprint density at radius 1 is 1.19 bits per heavy atom. The zero-order valence-electron chi connectivity index (χ0n) is 18.4. The van der Waals surface area contributed by atoms with E-state index >= 15 is 0 Å². The van der Waals surface area contributed by atoms with E-state index in [1.165, 1.54) is 16.9 Å². The van der Waals surface area contributed by atoms with Gasteiger partial charge in [-0.15, -0.1) is 11.3 Å². The SMILES string of the molecule is CCC(C)c1ccc(OCC(=O)Nc2sc(Cc3ccccc3)c(C)c2C(N)=O)c(Br)c1. The Hall–Kier alpha value is -2.64. The van der Waals surface area contributed by atoms with Crippen molar-refractivity contribution in [1.29, 1.82) is 0 Å². The van der Waals surface area contributed by atoms with Gasteiger partial charge in [0.2, 0.25) is 0 Å². The summed E-state index contributed by atoms with van der Waals surface area (Å²) in [5.41, 5.74) is 9.10. The number of anilines is 1. The Bertz CT molecular complexity index is 1110. The molecule has 1 aromatic heterocycles. The summed E-state index contributed by atoms with van der Waals surface area (Å²) < 4.78 is 6.51. The van der Waals surface area contributed by atoms with E-state index in [2.05, 4.69) is 35.1 Å². The molecule has 32 heavy (non-hydrogen) atoms. The van der Waals surface area contributed by atoms with Gasteiger partial charge in [-0.1, -0.05) is 50.2 Å². The number of hydrogen-bond acceptors (Lipinski definition) is 4. The lowest BCUT2D eigenvalue weighted by atomic mass is 9.99. The van der Waals surface area contributed by atoms with Crippen LogP contribution in [0.25, 0.3) is 0 Å². The van der Waals surface area contributed by atoms with Gasteiger partial charge >= 0.3 is 0 Å². The maximum atomic E-state index is 12.6. The summed E-state index contributed by atoms with van der Waals surface area (Å²) in [5.74, 6) is 0.132. The van der Waals surface area contributed by atoms with Gasteiger partial charge in [-0.2, -0.15) is 0 Å². The van der Waals surface area contributed by atoms with Crippen molar-refractivity contribution in [2.24, 2.45) is 5.73 Å². The monoisotopic (exact) mass is 514 g/mol. The summed E-state index contributed by atoms with van der Waals surface area (Å²) in [6, 6.07) is 15.9. The normalized spacial score (nSPS) is 11.8. The summed E-state index contributed by atoms with van der Waals surface area (Å²) >= 11 is 4.89. The Kier molecular flexibility index (Phi) is 8.10. The molecule has 7 heteroatoms. The van der Waals surface area contributed by atoms with Gasteiger partial charge in [-0.3, -0.25) is 9.59 Å². The minimum absolute atomic E-state index is 0.176. The van der Waals surface area contributed by atoms with E-state index in [4.69, 9.17) is 10.5 Å². The van der Waals surface area contributed by atoms with E-state index in [1.807, 2.05) is 55.5 Å². The smallest absolute Gasteiger partial charge is 0.262 e. The first kappa shape index (κ1) is 24.0. The van der Waals surface area contributed by atoms with Crippen LogP contribution in [0.5, 0.6) is 5.75 Å². The first-order valence-corrected chi connectivity index (χ1v) is 12.1. The molecule has 0 saturated heterocycles. The van der Waals surface area contributed by atoms with E-state index in [0.29, 0.717) is 28.7 Å². The number of thiophene rings is 1. The second-order valence-electron chi connectivity index (χ2n) is 7.72. The average Bonchev–Trinajstić information content (AvgIpc) is 3.07. The molecule has 0 radical (unpaired) electrons. The highest BCUT2D eigenvalue weighted by atomic mass is 79.9. The third-order valence-corrected chi connectivity index (χ3v) is 7.28. The van der Waals surface area contributed by atoms with Crippen molar-refractivity contribution in [3.8, 4) is 5.75 Å². The van der Waals surface area contributed by atoms with Gasteiger partial charge in [0.05, 0.1) is 10.0 Å². The summed E-state index contributed by atoms with van der Waals surface area (Å²) in [6.07, 6.45) is 1.71. The molecule has 1 unspecified atom stereocenters. The van der Waals surface area contributed by atoms with Gasteiger partial charge in [0.1, 0.15) is 10.8 Å². The lowest BCUT2D eigenvalue weighted by molar-refractivity contribution is -0.118. The van der Waals surface area contributed by atoms with Crippen LogP contribution in [0, 0.1) is 6.92 Å². The Labute approximate surface area is 201 Å². The van der Waals surface area contributed by atoms with Crippen molar-refractivity contribution in [2.75, 3.05) is 11.9 Å². The van der Waals surface area contributed by atoms with E-state index in [-0.39, 0.29) is 12.5 Å². The molecule has 0 aliphatic carbocycles. The average molecular weight is 515 g/mol. The number of rotatable bonds is 9. The number of amides is 2. The predicted molar refractivity (Wildman–Crippen MR) is 134 cm³/mol.